The number of fused-ring (bicyclic) bond motifs is 1. The van der Waals surface area contributed by atoms with Gasteiger partial charge in [0.1, 0.15) is 0 Å². The Morgan fingerprint density at radius 3 is 2.43 bits per heavy atom. The van der Waals surface area contributed by atoms with Crippen molar-refractivity contribution in [3.05, 3.63) is 28.6 Å². The molecule has 5 heteroatoms. The molecule has 0 saturated heterocycles. The van der Waals surface area contributed by atoms with Gasteiger partial charge in [0, 0.05) is 11.6 Å². The summed E-state index contributed by atoms with van der Waals surface area (Å²) in [7, 11) is 0. The molecule has 0 amide bonds. The number of hydrogen-bond donors (Lipinski definition) is 2. The summed E-state index contributed by atoms with van der Waals surface area (Å²) in [6.45, 7) is 0. The third-order valence-electron chi connectivity index (χ3n) is 2.51. The lowest BCUT2D eigenvalue weighted by Gasteiger charge is -2.09. The van der Waals surface area contributed by atoms with Crippen LogP contribution < -0.4 is 5.73 Å². The van der Waals surface area contributed by atoms with Crippen molar-refractivity contribution in [2.75, 3.05) is 0 Å². The Morgan fingerprint density at radius 2 is 1.79 bits per heavy atom. The summed E-state index contributed by atoms with van der Waals surface area (Å²) in [6, 6.07) is -0.686. The molecule has 3 N–H and O–H groups in total. The van der Waals surface area contributed by atoms with Crippen LogP contribution in [0.4, 0.5) is 13.2 Å². The predicted octanol–water partition coefficient (Wildman–Crippen LogP) is 1.76. The molecular formula is C9H8F3NO. The van der Waals surface area contributed by atoms with Gasteiger partial charge in [-0.25, -0.2) is 8.78 Å². The average molecular weight is 203 g/mol. The minimum Gasteiger partial charge on any atom is -0.503 e. The molecule has 0 spiro atoms. The van der Waals surface area contributed by atoms with Gasteiger partial charge in [-0.15, -0.1) is 0 Å². The van der Waals surface area contributed by atoms with Gasteiger partial charge >= 0.3 is 0 Å². The molecule has 0 saturated carbocycles. The molecule has 14 heavy (non-hydrogen) atoms. The Morgan fingerprint density at radius 1 is 1.14 bits per heavy atom. The Labute approximate surface area is 78.2 Å². The molecule has 1 aromatic rings. The van der Waals surface area contributed by atoms with Crippen molar-refractivity contribution in [2.24, 2.45) is 5.73 Å². The number of rotatable bonds is 0. The summed E-state index contributed by atoms with van der Waals surface area (Å²) in [5.74, 6) is -5.13. The lowest BCUT2D eigenvalue weighted by molar-refractivity contribution is 0.371. The second kappa shape index (κ2) is 2.88. The first-order chi connectivity index (χ1) is 6.54. The van der Waals surface area contributed by atoms with Gasteiger partial charge in [0.2, 0.25) is 5.82 Å². The van der Waals surface area contributed by atoms with E-state index in [2.05, 4.69) is 0 Å². The highest BCUT2D eigenvalue weighted by molar-refractivity contribution is 5.43. The molecule has 76 valence electrons. The van der Waals surface area contributed by atoms with Crippen LogP contribution in [-0.4, -0.2) is 5.11 Å². The topological polar surface area (TPSA) is 46.2 Å². The highest BCUT2D eigenvalue weighted by Gasteiger charge is 2.31. The van der Waals surface area contributed by atoms with Gasteiger partial charge in [0.15, 0.2) is 17.4 Å². The summed E-state index contributed by atoms with van der Waals surface area (Å²) in [4.78, 5) is 0. The van der Waals surface area contributed by atoms with Crippen LogP contribution in [0.2, 0.25) is 0 Å². The lowest BCUT2D eigenvalue weighted by Crippen LogP contribution is -2.09. The van der Waals surface area contributed by atoms with Crippen molar-refractivity contribution in [3.8, 4) is 5.75 Å². The molecule has 1 aliphatic rings. The lowest BCUT2D eigenvalue weighted by atomic mass is 10.1. The van der Waals surface area contributed by atoms with Gasteiger partial charge < -0.3 is 10.8 Å². The molecule has 2 rings (SSSR count). The summed E-state index contributed by atoms with van der Waals surface area (Å²) < 4.78 is 39.3. The maximum atomic E-state index is 13.2. The van der Waals surface area contributed by atoms with Crippen molar-refractivity contribution in [1.29, 1.82) is 0 Å². The number of phenolic OH excluding ortho intramolecular Hbond substituents is 1. The third-order valence-corrected chi connectivity index (χ3v) is 2.51. The molecule has 1 atom stereocenters. The quantitative estimate of drug-likeness (QED) is 0.631. The second-order valence-electron chi connectivity index (χ2n) is 3.33. The fraction of sp³-hybridized carbons (Fsp3) is 0.333. The predicted molar refractivity (Wildman–Crippen MR) is 43.2 cm³/mol. The zero-order chi connectivity index (χ0) is 10.5. The Balaban J connectivity index is 2.77. The molecule has 0 fully saturated rings. The van der Waals surface area contributed by atoms with Crippen LogP contribution in [0.5, 0.6) is 5.75 Å². The second-order valence-corrected chi connectivity index (χ2v) is 3.33. The van der Waals surface area contributed by atoms with Crippen molar-refractivity contribution in [3.63, 3.8) is 0 Å². The Kier molecular flexibility index (Phi) is 1.92. The molecule has 0 unspecified atom stereocenters. The summed E-state index contributed by atoms with van der Waals surface area (Å²) in [5.41, 5.74) is 5.33. The highest BCUT2D eigenvalue weighted by Crippen LogP contribution is 2.38. The van der Waals surface area contributed by atoms with E-state index in [1.54, 1.807) is 0 Å². The van der Waals surface area contributed by atoms with Crippen molar-refractivity contribution >= 4 is 0 Å². The van der Waals surface area contributed by atoms with Gasteiger partial charge in [-0.3, -0.25) is 0 Å². The Bertz CT molecular complexity index is 406. The molecule has 0 aromatic heterocycles. The fourth-order valence-corrected chi connectivity index (χ4v) is 1.79. The fourth-order valence-electron chi connectivity index (χ4n) is 1.79. The van der Waals surface area contributed by atoms with Crippen molar-refractivity contribution in [1.82, 2.24) is 0 Å². The first-order valence-electron chi connectivity index (χ1n) is 4.17. The number of halogens is 3. The summed E-state index contributed by atoms with van der Waals surface area (Å²) >= 11 is 0. The molecule has 0 bridgehead atoms. The highest BCUT2D eigenvalue weighted by atomic mass is 19.2. The van der Waals surface area contributed by atoms with E-state index in [-0.39, 0.29) is 17.5 Å². The molecule has 0 radical (unpaired) electrons. The molecule has 0 aliphatic heterocycles. The minimum atomic E-state index is -1.56. The van der Waals surface area contributed by atoms with Crippen molar-refractivity contribution < 1.29 is 18.3 Å². The molecule has 2 nitrogen and oxygen atoms in total. The number of nitrogens with two attached hydrogens (primary N) is 1. The largest absolute Gasteiger partial charge is 0.503 e. The molecular weight excluding hydrogens is 195 g/mol. The average Bonchev–Trinajstić information content (AvgIpc) is 2.54. The van der Waals surface area contributed by atoms with Crippen LogP contribution in [-0.2, 0) is 6.42 Å². The minimum absolute atomic E-state index is 0.00565. The van der Waals surface area contributed by atoms with Gasteiger partial charge in [-0.1, -0.05) is 0 Å². The zero-order valence-corrected chi connectivity index (χ0v) is 7.15. The first-order valence-corrected chi connectivity index (χ1v) is 4.17. The first kappa shape index (κ1) is 9.33. The maximum Gasteiger partial charge on any atom is 0.203 e. The van der Waals surface area contributed by atoms with Gasteiger partial charge in [0.25, 0.3) is 0 Å². The van der Waals surface area contributed by atoms with Crippen molar-refractivity contribution in [2.45, 2.75) is 18.9 Å². The van der Waals surface area contributed by atoms with E-state index >= 15 is 0 Å². The van der Waals surface area contributed by atoms with E-state index in [9.17, 15) is 13.2 Å². The standard InChI is InChI=1S/C9H8F3NO/c10-6-3-1-2-4(13)5(3)7(11)8(12)9(6)14/h4,14H,1-2,13H2/t4-/m1/s1. The zero-order valence-electron chi connectivity index (χ0n) is 7.15. The van der Waals surface area contributed by atoms with E-state index in [1.807, 2.05) is 0 Å². The maximum absolute atomic E-state index is 13.2. The SMILES string of the molecule is N[C@@H]1CCc2c(F)c(O)c(F)c(F)c21. The van der Waals surface area contributed by atoms with E-state index in [0.29, 0.717) is 6.42 Å². The van der Waals surface area contributed by atoms with E-state index in [0.717, 1.165) is 0 Å². The Hall–Kier alpha value is -1.23. The molecule has 1 aromatic carbocycles. The summed E-state index contributed by atoms with van der Waals surface area (Å²) in [5, 5.41) is 8.91. The van der Waals surface area contributed by atoms with Gasteiger partial charge in [0.05, 0.1) is 0 Å². The molecule has 0 heterocycles. The van der Waals surface area contributed by atoms with Gasteiger partial charge in [-0.2, -0.15) is 4.39 Å². The number of aromatic hydroxyl groups is 1. The number of hydrogen-bond acceptors (Lipinski definition) is 2. The number of benzene rings is 1. The third kappa shape index (κ3) is 1.02. The number of phenols is 1. The van der Waals surface area contributed by atoms with Crippen LogP contribution >= 0.6 is 0 Å². The smallest absolute Gasteiger partial charge is 0.203 e. The normalized spacial score (nSPS) is 19.9. The monoisotopic (exact) mass is 203 g/mol. The van der Waals surface area contributed by atoms with E-state index in [4.69, 9.17) is 10.8 Å². The molecule has 1 aliphatic carbocycles. The van der Waals surface area contributed by atoms with Crippen LogP contribution in [0, 0.1) is 17.5 Å². The summed E-state index contributed by atoms with van der Waals surface area (Å²) in [6.07, 6.45) is 0.596. The van der Waals surface area contributed by atoms with Gasteiger partial charge in [-0.05, 0) is 18.4 Å². The van der Waals surface area contributed by atoms with Crippen LogP contribution in [0.3, 0.4) is 0 Å². The van der Waals surface area contributed by atoms with Crippen LogP contribution in [0.1, 0.15) is 23.6 Å². The van der Waals surface area contributed by atoms with E-state index in [1.165, 1.54) is 0 Å². The van der Waals surface area contributed by atoms with Crippen LogP contribution in [0.25, 0.3) is 0 Å². The van der Waals surface area contributed by atoms with Crippen LogP contribution in [0.15, 0.2) is 0 Å². The van der Waals surface area contributed by atoms with E-state index < -0.39 is 29.2 Å².